The molecule has 0 saturated carbocycles. The van der Waals surface area contributed by atoms with Crippen molar-refractivity contribution in [2.24, 2.45) is 0 Å². The van der Waals surface area contributed by atoms with Gasteiger partial charge in [-0.25, -0.2) is 0 Å². The third-order valence-corrected chi connectivity index (χ3v) is 7.76. The molecule has 12 unspecified atom stereocenters. The summed E-state index contributed by atoms with van der Waals surface area (Å²) in [5.74, 6) is -0.302. The Morgan fingerprint density at radius 2 is 1.22 bits per heavy atom. The number of hydrogen-bond acceptors (Lipinski definition) is 16. The average molecular weight is 657 g/mol. The first kappa shape index (κ1) is 39.8. The van der Waals surface area contributed by atoms with Crippen molar-refractivity contribution in [1.29, 1.82) is 0 Å². The molecule has 0 bridgehead atoms. The van der Waals surface area contributed by atoms with E-state index in [2.05, 4.69) is 10.6 Å². The van der Waals surface area contributed by atoms with Crippen molar-refractivity contribution < 1.29 is 74.5 Å². The second kappa shape index (κ2) is 21.5. The summed E-state index contributed by atoms with van der Waals surface area (Å²) in [4.78, 5) is 23.6. The number of nitrogens with one attached hydrogen (secondary N) is 2. The van der Waals surface area contributed by atoms with E-state index in [-0.39, 0.29) is 25.5 Å². The molecule has 2 aliphatic rings. The predicted molar refractivity (Wildman–Crippen MR) is 153 cm³/mol. The molecule has 17 nitrogen and oxygen atoms in total. The quantitative estimate of drug-likeness (QED) is 0.0299. The third kappa shape index (κ3) is 13.3. The first-order chi connectivity index (χ1) is 21.5. The van der Waals surface area contributed by atoms with Gasteiger partial charge in [-0.2, -0.15) is 0 Å². The summed E-state index contributed by atoms with van der Waals surface area (Å²) in [7, 11) is 0. The van der Waals surface area contributed by atoms with Crippen LogP contribution < -0.4 is 10.6 Å². The maximum Gasteiger partial charge on any atom is 0.220 e. The van der Waals surface area contributed by atoms with E-state index >= 15 is 0 Å². The predicted octanol–water partition coefficient (Wildman–Crippen LogP) is -4.28. The van der Waals surface area contributed by atoms with Gasteiger partial charge in [-0.15, -0.1) is 0 Å². The number of carbonyl (C=O) groups is 2. The zero-order valence-electron chi connectivity index (χ0n) is 25.4. The van der Waals surface area contributed by atoms with Gasteiger partial charge in [-0.1, -0.05) is 0 Å². The number of amides is 1. The summed E-state index contributed by atoms with van der Waals surface area (Å²) in [5.41, 5.74) is 0. The topological polar surface area (TPSA) is 277 Å². The molecule has 2 fully saturated rings. The van der Waals surface area contributed by atoms with Crippen LogP contribution in [0.25, 0.3) is 0 Å². The van der Waals surface area contributed by atoms with Crippen LogP contribution in [0.15, 0.2) is 0 Å². The zero-order valence-corrected chi connectivity index (χ0v) is 25.4. The Morgan fingerprint density at radius 3 is 1.73 bits per heavy atom. The number of aldehydes is 1. The second-order valence-electron chi connectivity index (χ2n) is 11.4. The lowest BCUT2D eigenvalue weighted by Crippen LogP contribution is -2.59. The highest BCUT2D eigenvalue weighted by Crippen LogP contribution is 2.23. The lowest BCUT2D eigenvalue weighted by molar-refractivity contribution is -0.301. The van der Waals surface area contributed by atoms with Gasteiger partial charge in [0.05, 0.1) is 19.3 Å². The minimum Gasteiger partial charge on any atom is -0.394 e. The molecule has 11 N–H and O–H groups in total. The average Bonchev–Trinajstić information content (AvgIpc) is 3.03. The van der Waals surface area contributed by atoms with E-state index in [1.54, 1.807) is 0 Å². The molecule has 17 heteroatoms. The Morgan fingerprint density at radius 1 is 0.711 bits per heavy atom. The van der Waals surface area contributed by atoms with Gasteiger partial charge in [0, 0.05) is 19.6 Å². The lowest BCUT2D eigenvalue weighted by Gasteiger charge is -2.39. The van der Waals surface area contributed by atoms with Crippen molar-refractivity contribution >= 4 is 12.2 Å². The van der Waals surface area contributed by atoms with Crippen LogP contribution in [0, 0.1) is 0 Å². The first-order valence-corrected chi connectivity index (χ1v) is 15.5. The highest BCUT2D eigenvalue weighted by atomic mass is 16.7. The fraction of sp³-hybridized carbons (Fsp3) is 0.929. The van der Waals surface area contributed by atoms with Crippen molar-refractivity contribution in [3.05, 3.63) is 0 Å². The summed E-state index contributed by atoms with van der Waals surface area (Å²) in [6, 6.07) is -0.642. The molecule has 0 spiro atoms. The molecule has 0 aromatic heterocycles. The van der Waals surface area contributed by atoms with Gasteiger partial charge < -0.3 is 75.0 Å². The fourth-order valence-electron chi connectivity index (χ4n) is 4.95. The van der Waals surface area contributed by atoms with Crippen molar-refractivity contribution in [1.82, 2.24) is 10.6 Å². The maximum absolute atomic E-state index is 12.2. The van der Waals surface area contributed by atoms with E-state index in [1.165, 1.54) is 0 Å². The molecule has 1 amide bonds. The van der Waals surface area contributed by atoms with Crippen LogP contribution in [0.5, 0.6) is 0 Å². The molecule has 12 atom stereocenters. The van der Waals surface area contributed by atoms with Crippen LogP contribution in [0.3, 0.4) is 0 Å². The van der Waals surface area contributed by atoms with Gasteiger partial charge in [0.1, 0.15) is 61.3 Å². The monoisotopic (exact) mass is 656 g/mol. The zero-order chi connectivity index (χ0) is 33.4. The van der Waals surface area contributed by atoms with Crippen LogP contribution >= 0.6 is 0 Å². The van der Waals surface area contributed by atoms with E-state index in [4.69, 9.17) is 18.9 Å². The van der Waals surface area contributed by atoms with E-state index < -0.39 is 86.9 Å². The van der Waals surface area contributed by atoms with Gasteiger partial charge in [0.25, 0.3) is 0 Å². The Kier molecular flexibility index (Phi) is 19.0. The van der Waals surface area contributed by atoms with Gasteiger partial charge in [-0.05, 0) is 57.9 Å². The molecule has 0 radical (unpaired) electrons. The molecular formula is C28H52N2O15. The maximum atomic E-state index is 12.2. The Balaban J connectivity index is 1.48. The van der Waals surface area contributed by atoms with E-state index in [0.717, 1.165) is 0 Å². The Hall–Kier alpha value is -1.42. The van der Waals surface area contributed by atoms with Gasteiger partial charge >= 0.3 is 0 Å². The molecule has 0 aliphatic carbocycles. The number of hydrogen-bond donors (Lipinski definition) is 11. The van der Waals surface area contributed by atoms with E-state index in [1.807, 2.05) is 0 Å². The van der Waals surface area contributed by atoms with Crippen LogP contribution in [0.4, 0.5) is 0 Å². The smallest absolute Gasteiger partial charge is 0.220 e. The molecule has 2 aliphatic heterocycles. The summed E-state index contributed by atoms with van der Waals surface area (Å²) in [6.07, 6.45) is -9.22. The number of ether oxygens (including phenoxy) is 4. The Labute approximate surface area is 262 Å². The van der Waals surface area contributed by atoms with Crippen LogP contribution in [0.1, 0.15) is 57.8 Å². The fourth-order valence-corrected chi connectivity index (χ4v) is 4.95. The summed E-state index contributed by atoms with van der Waals surface area (Å²) in [5, 5.41) is 93.2. The second-order valence-corrected chi connectivity index (χ2v) is 11.4. The SMILES string of the molecule is O=CC(CCCCNC(O)CCCCOC1OC(CO)C(O)C(O)C1O)NC(=O)CCCCOC1OC(CO)C(O)C(O)C1O. The number of unbranched alkanes of at least 4 members (excludes halogenated alkanes) is 3. The number of aliphatic hydroxyl groups is 9. The standard InChI is InChI=1S/C28H52N2O15/c31-13-16(30-20(35)9-3-6-12-43-28-26(41)24(39)22(37)18(15-33)45-28)7-1-4-10-29-19(34)8-2-5-11-42-27-25(40)23(38)21(36)17(14-32)44-27/h13,16-19,21-29,32-34,36-41H,1-12,14-15H2,(H,30,35). The molecule has 264 valence electrons. The third-order valence-electron chi connectivity index (χ3n) is 7.76. The highest BCUT2D eigenvalue weighted by molar-refractivity contribution is 5.79. The van der Waals surface area contributed by atoms with E-state index in [0.29, 0.717) is 64.2 Å². The molecule has 45 heavy (non-hydrogen) atoms. The molecule has 2 saturated heterocycles. The highest BCUT2D eigenvalue weighted by Gasteiger charge is 2.45. The largest absolute Gasteiger partial charge is 0.394 e. The molecule has 2 heterocycles. The van der Waals surface area contributed by atoms with Crippen molar-refractivity contribution in [3.63, 3.8) is 0 Å². The summed E-state index contributed by atoms with van der Waals surface area (Å²) in [6.45, 7) is -0.327. The van der Waals surface area contributed by atoms with Gasteiger partial charge in [-0.3, -0.25) is 10.1 Å². The molecule has 0 aromatic rings. The number of aliphatic hydroxyl groups excluding tert-OH is 9. The summed E-state index contributed by atoms with van der Waals surface area (Å²) < 4.78 is 21.3. The van der Waals surface area contributed by atoms with Gasteiger partial charge in [0.2, 0.25) is 5.91 Å². The number of carbonyl (C=O) groups excluding carboxylic acids is 2. The normalized spacial score (nSPS) is 33.4. The number of rotatable bonds is 22. The van der Waals surface area contributed by atoms with Crippen LogP contribution in [0.2, 0.25) is 0 Å². The lowest BCUT2D eigenvalue weighted by atomic mass is 9.99. The van der Waals surface area contributed by atoms with Crippen LogP contribution in [-0.4, -0.2) is 165 Å². The van der Waals surface area contributed by atoms with E-state index in [9.17, 15) is 55.5 Å². The minimum absolute atomic E-state index is 0.0991. The summed E-state index contributed by atoms with van der Waals surface area (Å²) >= 11 is 0. The van der Waals surface area contributed by atoms with Gasteiger partial charge in [0.15, 0.2) is 12.6 Å². The minimum atomic E-state index is -1.53. The first-order valence-electron chi connectivity index (χ1n) is 15.5. The van der Waals surface area contributed by atoms with Crippen molar-refractivity contribution in [2.75, 3.05) is 33.0 Å². The molecule has 2 rings (SSSR count). The van der Waals surface area contributed by atoms with Crippen molar-refractivity contribution in [2.45, 2.75) is 131 Å². The van der Waals surface area contributed by atoms with Crippen LogP contribution in [-0.2, 0) is 28.5 Å². The Bertz CT molecular complexity index is 825. The molecule has 0 aromatic carbocycles. The van der Waals surface area contributed by atoms with Crippen molar-refractivity contribution in [3.8, 4) is 0 Å². The molecular weight excluding hydrogens is 604 g/mol.